The molecule has 0 radical (unpaired) electrons. The van der Waals surface area contributed by atoms with E-state index in [-0.39, 0.29) is 17.5 Å². The highest BCUT2D eigenvalue weighted by atomic mass is 19.1. The van der Waals surface area contributed by atoms with Crippen LogP contribution in [0.25, 0.3) is 22.5 Å². The van der Waals surface area contributed by atoms with E-state index in [4.69, 9.17) is 10.5 Å². The smallest absolute Gasteiger partial charge is 0.286 e. The van der Waals surface area contributed by atoms with Crippen LogP contribution in [0.5, 0.6) is 5.75 Å². The number of carbonyl (C=O) groups is 1. The zero-order valence-electron chi connectivity index (χ0n) is 13.6. The first-order valence-corrected chi connectivity index (χ1v) is 7.84. The molecule has 0 bridgehead atoms. The monoisotopic (exact) mass is 340 g/mol. The molecule has 0 saturated heterocycles. The van der Waals surface area contributed by atoms with E-state index in [9.17, 15) is 9.18 Å². The highest BCUT2D eigenvalue weighted by Crippen LogP contribution is 2.34. The third-order valence-corrected chi connectivity index (χ3v) is 3.58. The van der Waals surface area contributed by atoms with Crippen molar-refractivity contribution in [1.29, 1.82) is 0 Å². The number of nitrogens with zero attached hydrogens (tertiary/aromatic N) is 2. The molecule has 0 atom stereocenters. The molecule has 0 spiro atoms. The van der Waals surface area contributed by atoms with Gasteiger partial charge < -0.3 is 10.5 Å². The molecule has 1 heterocycles. The predicted molar refractivity (Wildman–Crippen MR) is 91.5 cm³/mol. The van der Waals surface area contributed by atoms with Crippen molar-refractivity contribution in [3.8, 4) is 28.3 Å². The first-order valence-electron chi connectivity index (χ1n) is 7.84. The van der Waals surface area contributed by atoms with Crippen molar-refractivity contribution in [3.63, 3.8) is 0 Å². The Morgan fingerprint density at radius 2 is 2.04 bits per heavy atom. The molecule has 3 rings (SSSR count). The highest BCUT2D eigenvalue weighted by Gasteiger charge is 2.15. The lowest BCUT2D eigenvalue weighted by atomic mass is 10.0. The molecule has 1 amide bonds. The van der Waals surface area contributed by atoms with Gasteiger partial charge in [-0.25, -0.2) is 9.37 Å². The van der Waals surface area contributed by atoms with Crippen LogP contribution >= 0.6 is 0 Å². The van der Waals surface area contributed by atoms with E-state index in [1.165, 1.54) is 6.07 Å². The molecule has 0 fully saturated rings. The zero-order valence-corrected chi connectivity index (χ0v) is 13.6. The molecular weight excluding hydrogens is 323 g/mol. The van der Waals surface area contributed by atoms with E-state index >= 15 is 0 Å². The van der Waals surface area contributed by atoms with Crippen LogP contribution in [0.15, 0.2) is 42.5 Å². The fraction of sp³-hybridized carbons (Fsp3) is 0.167. The summed E-state index contributed by atoms with van der Waals surface area (Å²) in [4.78, 5) is 15.2. The third-order valence-electron chi connectivity index (χ3n) is 3.58. The van der Waals surface area contributed by atoms with E-state index in [1.54, 1.807) is 24.3 Å². The molecule has 6 nitrogen and oxygen atoms in total. The number of nitrogens with one attached hydrogen (secondary N) is 1. The number of halogens is 1. The number of amides is 1. The van der Waals surface area contributed by atoms with Gasteiger partial charge in [0, 0.05) is 16.7 Å². The maximum Gasteiger partial charge on any atom is 0.286 e. The van der Waals surface area contributed by atoms with Crippen LogP contribution in [0, 0.1) is 5.82 Å². The van der Waals surface area contributed by atoms with Crippen molar-refractivity contribution in [1.82, 2.24) is 15.2 Å². The maximum absolute atomic E-state index is 14.4. The lowest BCUT2D eigenvalue weighted by Crippen LogP contribution is -2.12. The Hall–Kier alpha value is -3.22. The van der Waals surface area contributed by atoms with Crippen LogP contribution in [-0.4, -0.2) is 27.7 Å². The Morgan fingerprint density at radius 1 is 1.24 bits per heavy atom. The normalized spacial score (nSPS) is 10.6. The molecular formula is C18H17FN4O2. The molecule has 3 aromatic rings. The number of carbonyl (C=O) groups excluding carboxylic acids is 1. The molecule has 128 valence electrons. The van der Waals surface area contributed by atoms with Crippen molar-refractivity contribution < 1.29 is 13.9 Å². The van der Waals surface area contributed by atoms with Gasteiger partial charge in [0.05, 0.1) is 6.61 Å². The minimum Gasteiger partial charge on any atom is -0.493 e. The second kappa shape index (κ2) is 7.12. The summed E-state index contributed by atoms with van der Waals surface area (Å²) in [5, 5.41) is 6.42. The van der Waals surface area contributed by atoms with Gasteiger partial charge in [-0.3, -0.25) is 9.89 Å². The number of aromatic amines is 1. The van der Waals surface area contributed by atoms with Gasteiger partial charge in [0.15, 0.2) is 5.82 Å². The maximum atomic E-state index is 14.4. The molecule has 0 saturated carbocycles. The molecule has 2 aromatic carbocycles. The Morgan fingerprint density at radius 3 is 2.76 bits per heavy atom. The highest BCUT2D eigenvalue weighted by molar-refractivity contribution is 5.89. The van der Waals surface area contributed by atoms with Crippen molar-refractivity contribution in [3.05, 3.63) is 54.1 Å². The average molecular weight is 340 g/mol. The first kappa shape index (κ1) is 16.6. The fourth-order valence-corrected chi connectivity index (χ4v) is 2.40. The van der Waals surface area contributed by atoms with Crippen LogP contribution in [0.4, 0.5) is 4.39 Å². The molecule has 1 aromatic heterocycles. The largest absolute Gasteiger partial charge is 0.493 e. The second-order valence-electron chi connectivity index (χ2n) is 5.41. The van der Waals surface area contributed by atoms with Crippen LogP contribution in [0.1, 0.15) is 24.0 Å². The minimum atomic E-state index is -0.709. The Balaban J connectivity index is 2.04. The summed E-state index contributed by atoms with van der Waals surface area (Å²) in [6.45, 7) is 2.55. The molecule has 0 aliphatic carbocycles. The summed E-state index contributed by atoms with van der Waals surface area (Å²) in [5.41, 5.74) is 6.74. The lowest BCUT2D eigenvalue weighted by Gasteiger charge is -2.12. The van der Waals surface area contributed by atoms with Gasteiger partial charge in [-0.2, -0.15) is 5.10 Å². The van der Waals surface area contributed by atoms with Crippen LogP contribution < -0.4 is 10.5 Å². The molecule has 3 N–H and O–H groups in total. The molecule has 7 heteroatoms. The minimum absolute atomic E-state index is 0.0486. The molecule has 25 heavy (non-hydrogen) atoms. The van der Waals surface area contributed by atoms with E-state index in [2.05, 4.69) is 15.2 Å². The molecule has 0 aliphatic heterocycles. The summed E-state index contributed by atoms with van der Waals surface area (Å²) in [6.07, 6.45) is 0.851. The summed E-state index contributed by atoms with van der Waals surface area (Å²) in [7, 11) is 0. The van der Waals surface area contributed by atoms with Crippen molar-refractivity contribution in [2.24, 2.45) is 5.73 Å². The van der Waals surface area contributed by atoms with Gasteiger partial charge >= 0.3 is 0 Å². The van der Waals surface area contributed by atoms with Gasteiger partial charge in [-0.05, 0) is 30.7 Å². The number of primary amides is 1. The quantitative estimate of drug-likeness (QED) is 0.721. The topological polar surface area (TPSA) is 93.9 Å². The van der Waals surface area contributed by atoms with Crippen LogP contribution in [-0.2, 0) is 0 Å². The number of benzene rings is 2. The SMILES string of the molecule is CCCOc1ccccc1-c1cc(-c2n[nH]c(C(N)=O)n2)ccc1F. The van der Waals surface area contributed by atoms with Crippen molar-refractivity contribution in [2.75, 3.05) is 6.61 Å². The van der Waals surface area contributed by atoms with Crippen LogP contribution in [0.3, 0.4) is 0 Å². The third kappa shape index (κ3) is 3.50. The van der Waals surface area contributed by atoms with Crippen LogP contribution in [0.2, 0.25) is 0 Å². The fourth-order valence-electron chi connectivity index (χ4n) is 2.40. The lowest BCUT2D eigenvalue weighted by molar-refractivity contribution is 0.0991. The number of ether oxygens (including phenoxy) is 1. The van der Waals surface area contributed by atoms with Crippen molar-refractivity contribution in [2.45, 2.75) is 13.3 Å². The number of aromatic nitrogens is 3. The summed E-state index contributed by atoms with van der Waals surface area (Å²) < 4.78 is 20.1. The standard InChI is InChI=1S/C18H17FN4O2/c1-2-9-25-15-6-4-3-5-12(15)13-10-11(7-8-14(13)19)17-21-18(16(20)24)23-22-17/h3-8,10H,2,9H2,1H3,(H2,20,24)(H,21,22,23). The molecule has 0 unspecified atom stereocenters. The number of nitrogens with two attached hydrogens (primary N) is 1. The Kier molecular flexibility index (Phi) is 4.74. The second-order valence-corrected chi connectivity index (χ2v) is 5.41. The number of hydrogen-bond donors (Lipinski definition) is 2. The van der Waals surface area contributed by atoms with E-state index in [1.807, 2.05) is 19.1 Å². The van der Waals surface area contributed by atoms with E-state index in [0.717, 1.165) is 6.42 Å². The van der Waals surface area contributed by atoms with Gasteiger partial charge in [0.25, 0.3) is 5.91 Å². The van der Waals surface area contributed by atoms with E-state index < -0.39 is 5.91 Å². The van der Waals surface area contributed by atoms with E-state index in [0.29, 0.717) is 29.0 Å². The number of para-hydroxylation sites is 1. The Labute approximate surface area is 143 Å². The zero-order chi connectivity index (χ0) is 17.8. The van der Waals surface area contributed by atoms with Gasteiger partial charge in [0.1, 0.15) is 11.6 Å². The first-order chi connectivity index (χ1) is 12.1. The Bertz CT molecular complexity index is 908. The van der Waals surface area contributed by atoms with Gasteiger partial charge in [-0.15, -0.1) is 0 Å². The molecule has 0 aliphatic rings. The number of hydrogen-bond acceptors (Lipinski definition) is 4. The summed E-state index contributed by atoms with van der Waals surface area (Å²) in [6, 6.07) is 11.7. The summed E-state index contributed by atoms with van der Waals surface area (Å²) in [5.74, 6) is -0.274. The summed E-state index contributed by atoms with van der Waals surface area (Å²) >= 11 is 0. The number of H-pyrrole nitrogens is 1. The number of rotatable bonds is 6. The van der Waals surface area contributed by atoms with Crippen molar-refractivity contribution >= 4 is 5.91 Å². The predicted octanol–water partition coefficient (Wildman–Crippen LogP) is 3.17. The van der Waals surface area contributed by atoms with Gasteiger partial charge in [0.2, 0.25) is 5.82 Å². The average Bonchev–Trinajstić information content (AvgIpc) is 3.11. The van der Waals surface area contributed by atoms with Gasteiger partial charge in [-0.1, -0.05) is 25.1 Å².